The summed E-state index contributed by atoms with van der Waals surface area (Å²) in [7, 11) is 0. The minimum Gasteiger partial charge on any atom is -0.480 e. The maximum Gasteiger partial charge on any atom is 0.326 e. The minimum atomic E-state index is -1.28. The van der Waals surface area contributed by atoms with Crippen LogP contribution in [-0.4, -0.2) is 28.8 Å². The summed E-state index contributed by atoms with van der Waals surface area (Å²) in [5.41, 5.74) is -0.604. The number of hydrogen-bond donors (Lipinski definition) is 3. The van der Waals surface area contributed by atoms with Gasteiger partial charge in [0.05, 0.1) is 10.6 Å². The molecule has 1 aromatic rings. The van der Waals surface area contributed by atoms with Crippen LogP contribution in [-0.2, 0) is 4.79 Å². The number of rotatable bonds is 5. The normalized spacial score (nSPS) is 12.0. The van der Waals surface area contributed by atoms with E-state index in [9.17, 15) is 18.4 Å². The maximum absolute atomic E-state index is 13.4. The van der Waals surface area contributed by atoms with Crippen molar-refractivity contribution >= 4 is 36.1 Å². The lowest BCUT2D eigenvalue weighted by atomic mass is 10.1. The monoisotopic (exact) mass is 309 g/mol. The fraction of sp³-hybridized carbons (Fsp3) is 0.273. The molecule has 4 nitrogen and oxygen atoms in total. The Morgan fingerprint density at radius 2 is 2.00 bits per heavy atom. The molecule has 104 valence electrons. The van der Waals surface area contributed by atoms with E-state index in [1.165, 1.54) is 0 Å². The molecule has 0 fully saturated rings. The lowest BCUT2D eigenvalue weighted by molar-refractivity contribution is -0.139. The predicted octanol–water partition coefficient (Wildman–Crippen LogP) is 2.12. The van der Waals surface area contributed by atoms with Gasteiger partial charge in [0.25, 0.3) is 5.91 Å². The van der Waals surface area contributed by atoms with Crippen LogP contribution >= 0.6 is 24.2 Å². The number of amides is 1. The smallest absolute Gasteiger partial charge is 0.326 e. The van der Waals surface area contributed by atoms with E-state index in [1.807, 2.05) is 0 Å². The molecule has 1 atom stereocenters. The first-order chi connectivity index (χ1) is 8.86. The lowest BCUT2D eigenvalue weighted by Gasteiger charge is -2.13. The van der Waals surface area contributed by atoms with Crippen LogP contribution in [0.4, 0.5) is 8.78 Å². The Morgan fingerprint density at radius 1 is 1.37 bits per heavy atom. The van der Waals surface area contributed by atoms with Gasteiger partial charge in [0.1, 0.15) is 17.7 Å². The minimum absolute atomic E-state index is 0.0574. The van der Waals surface area contributed by atoms with Crippen molar-refractivity contribution in [2.24, 2.45) is 0 Å². The van der Waals surface area contributed by atoms with Gasteiger partial charge in [-0.15, -0.1) is 0 Å². The fourth-order valence-electron chi connectivity index (χ4n) is 1.32. The Hall–Kier alpha value is -1.34. The molecule has 0 aromatic heterocycles. The second kappa shape index (κ2) is 6.72. The molecule has 0 saturated heterocycles. The third-order valence-corrected chi connectivity index (χ3v) is 2.82. The van der Waals surface area contributed by atoms with Gasteiger partial charge in [0, 0.05) is 0 Å². The number of carbonyl (C=O) groups is 2. The number of nitrogens with one attached hydrogen (secondary N) is 1. The standard InChI is InChI=1S/C11H10ClF2NO3S/c12-6-4-7(13)5(3-8(6)14)10(16)15-9(1-2-19)11(17)18/h3-4,9,19H,1-2H2,(H,15,16)(H,17,18). The van der Waals surface area contributed by atoms with Crippen LogP contribution in [0.5, 0.6) is 0 Å². The van der Waals surface area contributed by atoms with E-state index in [0.29, 0.717) is 12.1 Å². The van der Waals surface area contributed by atoms with Gasteiger partial charge in [0.2, 0.25) is 0 Å². The van der Waals surface area contributed by atoms with Crippen molar-refractivity contribution in [2.75, 3.05) is 5.75 Å². The third kappa shape index (κ3) is 4.07. The van der Waals surface area contributed by atoms with E-state index in [2.05, 4.69) is 17.9 Å². The number of benzene rings is 1. The van der Waals surface area contributed by atoms with Gasteiger partial charge in [0.15, 0.2) is 0 Å². The number of thiol groups is 1. The van der Waals surface area contributed by atoms with E-state index >= 15 is 0 Å². The van der Waals surface area contributed by atoms with Gasteiger partial charge in [-0.05, 0) is 24.3 Å². The van der Waals surface area contributed by atoms with Crippen molar-refractivity contribution in [3.63, 3.8) is 0 Å². The Bertz CT molecular complexity index is 513. The summed E-state index contributed by atoms with van der Waals surface area (Å²) in [4.78, 5) is 22.5. The molecule has 0 aliphatic carbocycles. The summed E-state index contributed by atoms with van der Waals surface area (Å²) < 4.78 is 26.6. The summed E-state index contributed by atoms with van der Waals surface area (Å²) in [5.74, 6) is -4.08. The summed E-state index contributed by atoms with van der Waals surface area (Å²) in [6.07, 6.45) is 0.0574. The molecule has 0 aliphatic heterocycles. The lowest BCUT2D eigenvalue weighted by Crippen LogP contribution is -2.41. The average molecular weight is 310 g/mol. The molecule has 1 rings (SSSR count). The number of carboxylic acids is 1. The van der Waals surface area contributed by atoms with Crippen LogP contribution in [0.2, 0.25) is 5.02 Å². The molecule has 0 heterocycles. The van der Waals surface area contributed by atoms with E-state index in [0.717, 1.165) is 0 Å². The highest BCUT2D eigenvalue weighted by Crippen LogP contribution is 2.19. The Morgan fingerprint density at radius 3 is 2.53 bits per heavy atom. The molecule has 1 unspecified atom stereocenters. The molecule has 0 saturated carbocycles. The molecule has 0 radical (unpaired) electrons. The first kappa shape index (κ1) is 15.7. The second-order valence-corrected chi connectivity index (χ2v) is 4.48. The van der Waals surface area contributed by atoms with Crippen molar-refractivity contribution in [1.82, 2.24) is 5.32 Å². The summed E-state index contributed by atoms with van der Waals surface area (Å²) in [6.45, 7) is 0. The van der Waals surface area contributed by atoms with Crippen LogP contribution < -0.4 is 5.32 Å². The van der Waals surface area contributed by atoms with Gasteiger partial charge in [-0.3, -0.25) is 4.79 Å². The molecule has 8 heteroatoms. The molecule has 0 spiro atoms. The highest BCUT2D eigenvalue weighted by molar-refractivity contribution is 7.80. The van der Waals surface area contributed by atoms with Gasteiger partial charge in [-0.1, -0.05) is 11.6 Å². The van der Waals surface area contributed by atoms with Crippen molar-refractivity contribution < 1.29 is 23.5 Å². The molecule has 2 N–H and O–H groups in total. The topological polar surface area (TPSA) is 66.4 Å². The van der Waals surface area contributed by atoms with Gasteiger partial charge in [-0.2, -0.15) is 12.6 Å². The van der Waals surface area contributed by atoms with Crippen molar-refractivity contribution in [3.05, 3.63) is 34.4 Å². The van der Waals surface area contributed by atoms with Gasteiger partial charge >= 0.3 is 5.97 Å². The fourth-order valence-corrected chi connectivity index (χ4v) is 1.73. The quantitative estimate of drug-likeness (QED) is 0.576. The summed E-state index contributed by atoms with van der Waals surface area (Å²) >= 11 is 9.19. The zero-order valence-electron chi connectivity index (χ0n) is 9.49. The molecular weight excluding hydrogens is 300 g/mol. The number of carbonyl (C=O) groups excluding carboxylic acids is 1. The molecule has 0 bridgehead atoms. The number of hydrogen-bond acceptors (Lipinski definition) is 3. The maximum atomic E-state index is 13.4. The van der Waals surface area contributed by atoms with Gasteiger partial charge < -0.3 is 10.4 Å². The average Bonchev–Trinajstić information content (AvgIpc) is 2.32. The van der Waals surface area contributed by atoms with E-state index < -0.39 is 40.1 Å². The largest absolute Gasteiger partial charge is 0.480 e. The predicted molar refractivity (Wildman–Crippen MR) is 68.7 cm³/mol. The number of aliphatic carboxylic acids is 1. The molecule has 1 amide bonds. The van der Waals surface area contributed by atoms with Crippen LogP contribution in [0.25, 0.3) is 0 Å². The molecule has 19 heavy (non-hydrogen) atoms. The Balaban J connectivity index is 2.94. The summed E-state index contributed by atoms with van der Waals surface area (Å²) in [5, 5.41) is 10.5. The number of carboxylic acid groups (broad SMARTS) is 1. The zero-order valence-corrected chi connectivity index (χ0v) is 11.1. The molecule has 0 aliphatic rings. The first-order valence-electron chi connectivity index (χ1n) is 5.16. The highest BCUT2D eigenvalue weighted by Gasteiger charge is 2.22. The number of halogens is 3. The van der Waals surface area contributed by atoms with Crippen molar-refractivity contribution in [1.29, 1.82) is 0 Å². The van der Waals surface area contributed by atoms with E-state index in [4.69, 9.17) is 16.7 Å². The van der Waals surface area contributed by atoms with Crippen molar-refractivity contribution in [2.45, 2.75) is 12.5 Å². The van der Waals surface area contributed by atoms with E-state index in [1.54, 1.807) is 0 Å². The van der Waals surface area contributed by atoms with Crippen LogP contribution in [0.3, 0.4) is 0 Å². The second-order valence-electron chi connectivity index (χ2n) is 3.62. The van der Waals surface area contributed by atoms with Crippen LogP contribution in [0, 0.1) is 11.6 Å². The molecular formula is C11H10ClF2NO3S. The molecule has 1 aromatic carbocycles. The summed E-state index contributed by atoms with van der Waals surface area (Å²) in [6, 6.07) is 0.0513. The van der Waals surface area contributed by atoms with Crippen LogP contribution in [0.15, 0.2) is 12.1 Å². The van der Waals surface area contributed by atoms with Gasteiger partial charge in [-0.25, -0.2) is 13.6 Å². The zero-order chi connectivity index (χ0) is 14.6. The third-order valence-electron chi connectivity index (χ3n) is 2.28. The van der Waals surface area contributed by atoms with Crippen molar-refractivity contribution in [3.8, 4) is 0 Å². The Kier molecular flexibility index (Phi) is 5.56. The highest BCUT2D eigenvalue weighted by atomic mass is 35.5. The van der Waals surface area contributed by atoms with Crippen LogP contribution in [0.1, 0.15) is 16.8 Å². The SMILES string of the molecule is O=C(NC(CCS)C(=O)O)c1cc(F)c(Cl)cc1F. The van der Waals surface area contributed by atoms with E-state index in [-0.39, 0.29) is 12.2 Å². The Labute approximate surface area is 118 Å². The first-order valence-corrected chi connectivity index (χ1v) is 6.17.